The van der Waals surface area contributed by atoms with Crippen LogP contribution in [0.15, 0.2) is 60.7 Å². The van der Waals surface area contributed by atoms with E-state index in [1.807, 2.05) is 12.1 Å². The van der Waals surface area contributed by atoms with Crippen LogP contribution in [0, 0.1) is 0 Å². The van der Waals surface area contributed by atoms with Gasteiger partial charge in [-0.05, 0) is 35.1 Å². The number of hydrogen-bond acceptors (Lipinski definition) is 3. The van der Waals surface area contributed by atoms with Gasteiger partial charge in [-0.15, -0.1) is 0 Å². The minimum Gasteiger partial charge on any atom is -0.508 e. The third-order valence-corrected chi connectivity index (χ3v) is 3.73. The summed E-state index contributed by atoms with van der Waals surface area (Å²) in [5, 5.41) is 18.9. The predicted molar refractivity (Wildman–Crippen MR) is 84.7 cm³/mol. The molecule has 0 saturated carbocycles. The maximum absolute atomic E-state index is 9.40. The maximum Gasteiger partial charge on any atom is 0.406 e. The van der Waals surface area contributed by atoms with Crippen LogP contribution in [-0.2, 0) is 0 Å². The molecule has 0 radical (unpaired) electrons. The lowest BCUT2D eigenvalue weighted by Gasteiger charge is -2.26. The van der Waals surface area contributed by atoms with Gasteiger partial charge in [0.05, 0.1) is 0 Å². The largest absolute Gasteiger partial charge is 0.508 e. The molecule has 3 N–H and O–H groups in total. The molecule has 0 fully saturated rings. The van der Waals surface area contributed by atoms with Gasteiger partial charge in [0.25, 0.3) is 0 Å². The van der Waals surface area contributed by atoms with Crippen LogP contribution in [-0.4, -0.2) is 12.1 Å². The topological polar surface area (TPSA) is 44.3 Å². The molecule has 3 aromatic rings. The van der Waals surface area contributed by atoms with Crippen molar-refractivity contribution in [1.29, 1.82) is 0 Å². The van der Waals surface area contributed by atoms with Gasteiger partial charge in [-0.2, -0.15) is 0 Å². The predicted octanol–water partition coefficient (Wildman–Crippen LogP) is 2.78. The molecule has 3 aromatic carbocycles. The van der Waals surface area contributed by atoms with Crippen molar-refractivity contribution in [1.82, 2.24) is 0 Å². The van der Waals surface area contributed by atoms with Crippen LogP contribution >= 0.6 is 0 Å². The summed E-state index contributed by atoms with van der Waals surface area (Å²) in [5.41, 5.74) is 3.36. The summed E-state index contributed by atoms with van der Waals surface area (Å²) in [6.45, 7) is 0.0103. The Morgan fingerprint density at radius 2 is 1.35 bits per heavy atom. The number of nitrogens with one attached hydrogen (secondary N) is 2. The Morgan fingerprint density at radius 3 is 1.95 bits per heavy atom. The summed E-state index contributed by atoms with van der Waals surface area (Å²) < 4.78 is 0. The second kappa shape index (κ2) is 4.20. The second-order valence-corrected chi connectivity index (χ2v) is 5.02. The van der Waals surface area contributed by atoms with Gasteiger partial charge < -0.3 is 15.6 Å². The molecule has 0 bridgehead atoms. The van der Waals surface area contributed by atoms with E-state index < -0.39 is 0 Å². The van der Waals surface area contributed by atoms with Gasteiger partial charge in [-0.3, -0.25) is 0 Å². The van der Waals surface area contributed by atoms with Crippen molar-refractivity contribution in [2.24, 2.45) is 0 Å². The summed E-state index contributed by atoms with van der Waals surface area (Å²) in [5.74, 6) is 0.284. The highest BCUT2D eigenvalue weighted by atomic mass is 16.3. The molecular formula is C16H13BN2O. The lowest BCUT2D eigenvalue weighted by atomic mass is 9.66. The Labute approximate surface area is 117 Å². The van der Waals surface area contributed by atoms with Crippen LogP contribution in [0.5, 0.6) is 5.75 Å². The molecule has 3 nitrogen and oxygen atoms in total. The number of hydrogen-bond donors (Lipinski definition) is 3. The normalized spacial score (nSPS) is 12.9. The van der Waals surface area contributed by atoms with Crippen LogP contribution in [0.3, 0.4) is 0 Å². The molecule has 20 heavy (non-hydrogen) atoms. The van der Waals surface area contributed by atoms with E-state index in [1.165, 1.54) is 10.8 Å². The molecule has 0 atom stereocenters. The molecule has 4 heteroatoms. The Balaban J connectivity index is 1.81. The third kappa shape index (κ3) is 1.69. The van der Waals surface area contributed by atoms with E-state index in [1.54, 1.807) is 12.1 Å². The second-order valence-electron chi connectivity index (χ2n) is 5.02. The highest BCUT2D eigenvalue weighted by Crippen LogP contribution is 2.33. The monoisotopic (exact) mass is 260 g/mol. The van der Waals surface area contributed by atoms with Gasteiger partial charge in [0, 0.05) is 16.8 Å². The van der Waals surface area contributed by atoms with E-state index >= 15 is 0 Å². The van der Waals surface area contributed by atoms with Gasteiger partial charge in [0.1, 0.15) is 5.75 Å². The molecule has 4 rings (SSSR count). The Hall–Kier alpha value is -2.62. The fraction of sp³-hybridized carbons (Fsp3) is 0. The molecule has 0 aromatic heterocycles. The van der Waals surface area contributed by atoms with Gasteiger partial charge in [0.2, 0.25) is 0 Å². The summed E-state index contributed by atoms with van der Waals surface area (Å²) in [7, 11) is 0. The summed E-state index contributed by atoms with van der Waals surface area (Å²) in [6.07, 6.45) is 0. The molecule has 1 aliphatic heterocycles. The van der Waals surface area contributed by atoms with Crippen molar-refractivity contribution < 1.29 is 5.11 Å². The van der Waals surface area contributed by atoms with Crippen LogP contribution in [0.1, 0.15) is 0 Å². The number of benzene rings is 3. The smallest absolute Gasteiger partial charge is 0.406 e. The molecule has 0 saturated heterocycles. The van der Waals surface area contributed by atoms with Crippen LogP contribution in [0.2, 0.25) is 0 Å². The Bertz CT molecular complexity index is 745. The van der Waals surface area contributed by atoms with E-state index in [4.69, 9.17) is 0 Å². The fourth-order valence-electron chi connectivity index (χ4n) is 2.76. The Morgan fingerprint density at radius 1 is 0.750 bits per heavy atom. The zero-order valence-corrected chi connectivity index (χ0v) is 10.8. The average Bonchev–Trinajstić information content (AvgIpc) is 2.48. The van der Waals surface area contributed by atoms with Gasteiger partial charge >= 0.3 is 6.98 Å². The number of phenolic OH excluding ortho intramolecular Hbond substituents is 1. The molecule has 0 amide bonds. The zero-order chi connectivity index (χ0) is 13.5. The molecule has 0 unspecified atom stereocenters. The summed E-state index contributed by atoms with van der Waals surface area (Å²) in [4.78, 5) is 0. The van der Waals surface area contributed by atoms with Crippen molar-refractivity contribution >= 4 is 34.6 Å². The Kier molecular flexibility index (Phi) is 2.36. The number of phenols is 1. The molecule has 96 valence electrons. The van der Waals surface area contributed by atoms with Crippen molar-refractivity contribution in [3.05, 3.63) is 60.7 Å². The summed E-state index contributed by atoms with van der Waals surface area (Å²) >= 11 is 0. The lowest BCUT2D eigenvalue weighted by molar-refractivity contribution is 0.475. The van der Waals surface area contributed by atoms with Crippen molar-refractivity contribution in [2.75, 3.05) is 10.5 Å². The molecule has 0 spiro atoms. The standard InChI is InChI=1S/C16H13BN2O/c20-13-9-7-12(8-10-13)17-18-14-5-1-3-11-4-2-6-15(19-17)16(11)14/h1-10,18-20H. The van der Waals surface area contributed by atoms with Crippen LogP contribution in [0.25, 0.3) is 10.8 Å². The quantitative estimate of drug-likeness (QED) is 0.589. The first-order valence-corrected chi connectivity index (χ1v) is 6.65. The highest BCUT2D eigenvalue weighted by Gasteiger charge is 2.24. The van der Waals surface area contributed by atoms with E-state index in [2.05, 4.69) is 46.9 Å². The van der Waals surface area contributed by atoms with E-state index in [0.717, 1.165) is 16.8 Å². The average molecular weight is 260 g/mol. The van der Waals surface area contributed by atoms with E-state index in [0.29, 0.717) is 0 Å². The minimum absolute atomic E-state index is 0.0103. The first-order valence-electron chi connectivity index (χ1n) is 6.65. The van der Waals surface area contributed by atoms with E-state index in [9.17, 15) is 5.11 Å². The van der Waals surface area contributed by atoms with Gasteiger partial charge in [-0.1, -0.05) is 36.4 Å². The summed E-state index contributed by atoms with van der Waals surface area (Å²) in [6, 6.07) is 19.8. The lowest BCUT2D eigenvalue weighted by Crippen LogP contribution is -2.47. The third-order valence-electron chi connectivity index (χ3n) is 3.73. The van der Waals surface area contributed by atoms with E-state index in [-0.39, 0.29) is 12.7 Å². The van der Waals surface area contributed by atoms with Crippen molar-refractivity contribution in [3.63, 3.8) is 0 Å². The maximum atomic E-state index is 9.40. The number of rotatable bonds is 1. The minimum atomic E-state index is 0.0103. The first kappa shape index (κ1) is 11.2. The van der Waals surface area contributed by atoms with Gasteiger partial charge in [-0.25, -0.2) is 0 Å². The highest BCUT2D eigenvalue weighted by molar-refractivity contribution is 6.80. The molecule has 1 aliphatic rings. The number of aromatic hydroxyl groups is 1. The van der Waals surface area contributed by atoms with Crippen LogP contribution in [0.4, 0.5) is 11.4 Å². The zero-order valence-electron chi connectivity index (χ0n) is 10.8. The fourth-order valence-corrected chi connectivity index (χ4v) is 2.76. The molecule has 1 heterocycles. The van der Waals surface area contributed by atoms with Crippen molar-refractivity contribution in [3.8, 4) is 5.75 Å². The SMILES string of the molecule is Oc1ccc(B2Nc3cccc4cccc(c34)N2)cc1. The first-order chi connectivity index (χ1) is 9.81. The van der Waals surface area contributed by atoms with Crippen LogP contribution < -0.4 is 15.9 Å². The van der Waals surface area contributed by atoms with Crippen molar-refractivity contribution in [2.45, 2.75) is 0 Å². The van der Waals surface area contributed by atoms with Gasteiger partial charge in [0.15, 0.2) is 0 Å². The molecular weight excluding hydrogens is 247 g/mol. The number of anilines is 2. The molecule has 0 aliphatic carbocycles.